The maximum atomic E-state index is 5.22. The largest absolute Gasteiger partial charge is 0.309 e. The van der Waals surface area contributed by atoms with Gasteiger partial charge in [-0.1, -0.05) is 158 Å². The molecule has 0 fully saturated rings. The zero-order valence-electron chi connectivity index (χ0n) is 31.3. The first kappa shape index (κ1) is 31.4. The van der Waals surface area contributed by atoms with Crippen LogP contribution < -0.4 is 0 Å². The monoisotopic (exact) mass is 736 g/mol. The molecule has 0 amide bonds. The van der Waals surface area contributed by atoms with Crippen molar-refractivity contribution < 1.29 is 0 Å². The van der Waals surface area contributed by atoms with Crippen LogP contribution >= 0.6 is 0 Å². The van der Waals surface area contributed by atoms with E-state index in [1.165, 1.54) is 81.3 Å². The Morgan fingerprint density at radius 2 is 0.931 bits per heavy atom. The topological polar surface area (TPSA) is 35.6 Å². The molecule has 0 spiro atoms. The SMILES string of the molecule is c1cc(-c2ncc3ccc4ccccc4c3n2)cc(-n2c3c4ccccc4ccc3c3c4c5ccccc5n(-c5ccc6ccccc6c5)c4c4ccccc4c32)c1. The van der Waals surface area contributed by atoms with Gasteiger partial charge in [-0.15, -0.1) is 0 Å². The van der Waals surface area contributed by atoms with Gasteiger partial charge in [-0.05, 0) is 51.9 Å². The van der Waals surface area contributed by atoms with E-state index in [4.69, 9.17) is 9.97 Å². The van der Waals surface area contributed by atoms with Crippen LogP contribution in [0.15, 0.2) is 194 Å². The smallest absolute Gasteiger partial charge is 0.159 e. The van der Waals surface area contributed by atoms with Gasteiger partial charge in [-0.2, -0.15) is 0 Å². The fourth-order valence-electron chi connectivity index (χ4n) is 9.73. The average molecular weight is 737 g/mol. The number of para-hydroxylation sites is 1. The van der Waals surface area contributed by atoms with Gasteiger partial charge in [0.1, 0.15) is 0 Å². The molecular formula is C54H32N4. The maximum Gasteiger partial charge on any atom is 0.159 e. The van der Waals surface area contributed by atoms with Gasteiger partial charge in [0.15, 0.2) is 5.82 Å². The van der Waals surface area contributed by atoms with Gasteiger partial charge < -0.3 is 9.13 Å². The van der Waals surface area contributed by atoms with Crippen LogP contribution in [-0.4, -0.2) is 19.1 Å². The maximum absolute atomic E-state index is 5.22. The summed E-state index contributed by atoms with van der Waals surface area (Å²) < 4.78 is 5.00. The summed E-state index contributed by atoms with van der Waals surface area (Å²) in [6.45, 7) is 0. The molecule has 0 aliphatic heterocycles. The van der Waals surface area contributed by atoms with Gasteiger partial charge in [-0.25, -0.2) is 9.97 Å². The average Bonchev–Trinajstić information content (AvgIpc) is 3.83. The van der Waals surface area contributed by atoms with Gasteiger partial charge in [0, 0.05) is 71.6 Å². The Bertz CT molecular complexity index is 3870. The van der Waals surface area contributed by atoms with Crippen molar-refractivity contribution >= 4 is 97.6 Å². The summed E-state index contributed by atoms with van der Waals surface area (Å²) in [5.74, 6) is 0.710. The molecule has 0 aliphatic rings. The summed E-state index contributed by atoms with van der Waals surface area (Å²) in [7, 11) is 0. The van der Waals surface area contributed by atoms with E-state index in [9.17, 15) is 0 Å². The molecule has 3 aromatic heterocycles. The minimum atomic E-state index is 0.710. The third-order valence-electron chi connectivity index (χ3n) is 12.2. The predicted molar refractivity (Wildman–Crippen MR) is 244 cm³/mol. The normalized spacial score (nSPS) is 12.1. The van der Waals surface area contributed by atoms with Crippen molar-refractivity contribution in [3.63, 3.8) is 0 Å². The summed E-state index contributed by atoms with van der Waals surface area (Å²) >= 11 is 0. The molecule has 13 rings (SSSR count). The second kappa shape index (κ2) is 11.8. The van der Waals surface area contributed by atoms with E-state index in [0.29, 0.717) is 5.82 Å². The zero-order valence-corrected chi connectivity index (χ0v) is 31.3. The lowest BCUT2D eigenvalue weighted by molar-refractivity contribution is 1.18. The number of benzene rings is 10. The van der Waals surface area contributed by atoms with E-state index in [1.54, 1.807) is 0 Å². The lowest BCUT2D eigenvalue weighted by Crippen LogP contribution is -1.98. The van der Waals surface area contributed by atoms with Crippen LogP contribution in [0.1, 0.15) is 0 Å². The van der Waals surface area contributed by atoms with Crippen LogP contribution in [0.4, 0.5) is 0 Å². The molecule has 0 saturated heterocycles. The molecule has 0 N–H and O–H groups in total. The molecule has 13 aromatic rings. The zero-order chi connectivity index (χ0) is 37.9. The first-order valence-electron chi connectivity index (χ1n) is 19.8. The molecular weight excluding hydrogens is 705 g/mol. The van der Waals surface area contributed by atoms with Gasteiger partial charge >= 0.3 is 0 Å². The summed E-state index contributed by atoms with van der Waals surface area (Å²) in [4.78, 5) is 10.2. The standard InChI is InChI=1S/C54H32N4/c1-2-15-36-30-40(28-26-33(36)12-1)57-47-23-10-9-22-45(47)48-49-46-29-27-35-14-4-6-19-42(35)51(46)58(53(49)44-21-8-7-20-43(44)52(48)57)39-17-11-16-37(31-39)54-55-32-38-25-24-34-13-3-5-18-41(34)50(38)56-54/h1-32H. The molecule has 4 nitrogen and oxygen atoms in total. The van der Waals surface area contributed by atoms with Crippen molar-refractivity contribution in [3.05, 3.63) is 194 Å². The van der Waals surface area contributed by atoms with Crippen LogP contribution in [0, 0.1) is 0 Å². The third-order valence-corrected chi connectivity index (χ3v) is 12.2. The highest BCUT2D eigenvalue weighted by Gasteiger charge is 2.25. The molecule has 58 heavy (non-hydrogen) atoms. The molecule has 0 radical (unpaired) electrons. The van der Waals surface area contributed by atoms with E-state index in [-0.39, 0.29) is 0 Å². The van der Waals surface area contributed by atoms with E-state index in [1.807, 2.05) is 6.20 Å². The Morgan fingerprint density at radius 3 is 1.76 bits per heavy atom. The number of rotatable bonds is 3. The summed E-state index contributed by atoms with van der Waals surface area (Å²) in [5.41, 5.74) is 8.95. The minimum Gasteiger partial charge on any atom is -0.309 e. The van der Waals surface area contributed by atoms with Crippen LogP contribution in [0.5, 0.6) is 0 Å². The van der Waals surface area contributed by atoms with Crippen molar-refractivity contribution in [1.82, 2.24) is 19.1 Å². The fraction of sp³-hybridized carbons (Fsp3) is 0. The van der Waals surface area contributed by atoms with E-state index >= 15 is 0 Å². The van der Waals surface area contributed by atoms with Crippen molar-refractivity contribution in [1.29, 1.82) is 0 Å². The van der Waals surface area contributed by atoms with Crippen LogP contribution in [0.25, 0.3) is 120 Å². The lowest BCUT2D eigenvalue weighted by atomic mass is 9.98. The number of nitrogens with zero attached hydrogens (tertiary/aromatic N) is 4. The molecule has 3 heterocycles. The van der Waals surface area contributed by atoms with Crippen molar-refractivity contribution in [2.24, 2.45) is 0 Å². The van der Waals surface area contributed by atoms with E-state index in [2.05, 4.69) is 197 Å². The Morgan fingerprint density at radius 1 is 0.345 bits per heavy atom. The molecule has 0 bridgehead atoms. The molecule has 0 saturated carbocycles. The second-order valence-corrected chi connectivity index (χ2v) is 15.4. The highest BCUT2D eigenvalue weighted by Crippen LogP contribution is 2.48. The van der Waals surface area contributed by atoms with Crippen molar-refractivity contribution in [3.8, 4) is 22.8 Å². The van der Waals surface area contributed by atoms with Gasteiger partial charge in [-0.3, -0.25) is 0 Å². The van der Waals surface area contributed by atoms with Gasteiger partial charge in [0.25, 0.3) is 0 Å². The molecule has 268 valence electrons. The second-order valence-electron chi connectivity index (χ2n) is 15.4. The Labute approximate surface area is 332 Å². The number of hydrogen-bond donors (Lipinski definition) is 0. The Kier molecular flexibility index (Phi) is 6.41. The molecule has 0 unspecified atom stereocenters. The van der Waals surface area contributed by atoms with Crippen molar-refractivity contribution in [2.75, 3.05) is 0 Å². The molecule has 0 aliphatic carbocycles. The minimum absolute atomic E-state index is 0.710. The Balaban J connectivity index is 1.18. The van der Waals surface area contributed by atoms with Crippen LogP contribution in [-0.2, 0) is 0 Å². The third kappa shape index (κ3) is 4.34. The van der Waals surface area contributed by atoms with Crippen molar-refractivity contribution in [2.45, 2.75) is 0 Å². The molecule has 4 heteroatoms. The fourth-order valence-corrected chi connectivity index (χ4v) is 9.73. The van der Waals surface area contributed by atoms with Gasteiger partial charge in [0.05, 0.1) is 27.6 Å². The summed E-state index contributed by atoms with van der Waals surface area (Å²) in [5, 5.41) is 15.6. The lowest BCUT2D eigenvalue weighted by Gasteiger charge is -2.15. The first-order valence-corrected chi connectivity index (χ1v) is 19.8. The van der Waals surface area contributed by atoms with Gasteiger partial charge in [0.2, 0.25) is 0 Å². The number of fused-ring (bicyclic) bond motifs is 16. The quantitative estimate of drug-likeness (QED) is 0.169. The summed E-state index contributed by atoms with van der Waals surface area (Å²) in [6.07, 6.45) is 1.96. The highest BCUT2D eigenvalue weighted by atomic mass is 15.0. The number of hydrogen-bond acceptors (Lipinski definition) is 2. The Hall–Kier alpha value is -7.82. The molecule has 10 aromatic carbocycles. The predicted octanol–water partition coefficient (Wildman–Crippen LogP) is 14.1. The number of aromatic nitrogens is 4. The molecule has 0 atom stereocenters. The van der Waals surface area contributed by atoms with E-state index in [0.717, 1.165) is 33.2 Å². The van der Waals surface area contributed by atoms with Crippen LogP contribution in [0.3, 0.4) is 0 Å². The first-order chi connectivity index (χ1) is 28.8. The summed E-state index contributed by atoms with van der Waals surface area (Å²) in [6, 6.07) is 68.3. The van der Waals surface area contributed by atoms with E-state index < -0.39 is 0 Å². The van der Waals surface area contributed by atoms with Crippen LogP contribution in [0.2, 0.25) is 0 Å². The highest BCUT2D eigenvalue weighted by molar-refractivity contribution is 6.38.